The number of carbonyl (C=O) groups is 2. The lowest BCUT2D eigenvalue weighted by Gasteiger charge is -2.45. The van der Waals surface area contributed by atoms with Gasteiger partial charge in [0.1, 0.15) is 24.4 Å². The first-order valence-electron chi connectivity index (χ1n) is 9.33. The monoisotopic (exact) mass is 354 g/mol. The Balaban J connectivity index is 1.51. The number of rotatable bonds is 3. The second kappa shape index (κ2) is 6.95. The van der Waals surface area contributed by atoms with Gasteiger partial charge in [-0.2, -0.15) is 0 Å². The van der Waals surface area contributed by atoms with Crippen LogP contribution in [-0.2, 0) is 33.3 Å². The minimum atomic E-state index is -0.617. The van der Waals surface area contributed by atoms with E-state index in [0.29, 0.717) is 6.42 Å². The van der Waals surface area contributed by atoms with Gasteiger partial charge in [-0.15, -0.1) is 0 Å². The molecule has 0 aromatic rings. The summed E-state index contributed by atoms with van der Waals surface area (Å²) >= 11 is 0. The number of ether oxygens (including phenoxy) is 5. The van der Waals surface area contributed by atoms with Crippen LogP contribution in [0.3, 0.4) is 0 Å². The molecule has 0 radical (unpaired) electrons. The highest BCUT2D eigenvalue weighted by Crippen LogP contribution is 2.47. The van der Waals surface area contributed by atoms with Crippen LogP contribution >= 0.6 is 0 Å². The third-order valence-corrected chi connectivity index (χ3v) is 5.87. The molecular formula is C18H26O7. The molecule has 4 rings (SSSR count). The van der Waals surface area contributed by atoms with Gasteiger partial charge >= 0.3 is 5.97 Å². The number of fused-ring (bicyclic) bond motifs is 3. The predicted octanol–water partition coefficient (Wildman–Crippen LogP) is 1.51. The molecule has 0 N–H and O–H groups in total. The molecule has 4 aliphatic rings. The lowest BCUT2D eigenvalue weighted by atomic mass is 9.89. The molecule has 25 heavy (non-hydrogen) atoms. The van der Waals surface area contributed by atoms with E-state index in [1.165, 1.54) is 13.5 Å². The Hall–Kier alpha value is -1.02. The minimum Gasteiger partial charge on any atom is -0.469 e. The van der Waals surface area contributed by atoms with Gasteiger partial charge < -0.3 is 28.5 Å². The summed E-state index contributed by atoms with van der Waals surface area (Å²) in [6, 6.07) is 0. The highest BCUT2D eigenvalue weighted by atomic mass is 16.8. The maximum Gasteiger partial charge on any atom is 0.308 e. The number of methoxy groups -OCH3 is 1. The number of carbonyl (C=O) groups excluding carboxylic acids is 2. The maximum atomic E-state index is 11.6. The van der Waals surface area contributed by atoms with Crippen molar-refractivity contribution in [2.75, 3.05) is 7.11 Å². The lowest BCUT2D eigenvalue weighted by molar-refractivity contribution is -0.235. The van der Waals surface area contributed by atoms with Crippen molar-refractivity contribution in [3.05, 3.63) is 0 Å². The summed E-state index contributed by atoms with van der Waals surface area (Å²) in [5.41, 5.74) is 0. The zero-order valence-electron chi connectivity index (χ0n) is 14.6. The first-order chi connectivity index (χ1) is 12.1. The molecule has 4 fully saturated rings. The van der Waals surface area contributed by atoms with Crippen molar-refractivity contribution in [2.24, 2.45) is 0 Å². The molecule has 1 spiro atoms. The molecular weight excluding hydrogens is 328 g/mol. The summed E-state index contributed by atoms with van der Waals surface area (Å²) in [7, 11) is 1.38. The van der Waals surface area contributed by atoms with Gasteiger partial charge in [0.15, 0.2) is 12.1 Å². The summed E-state index contributed by atoms with van der Waals surface area (Å²) in [6.45, 7) is 0. The number of hydrogen-bond acceptors (Lipinski definition) is 7. The SMILES string of the molecule is COC(=O)CC1CCC2OC(C=O)C3OC4(CCCCC4)OC3[C@H]2O1. The van der Waals surface area contributed by atoms with Crippen molar-refractivity contribution in [1.29, 1.82) is 0 Å². The molecule has 3 saturated heterocycles. The smallest absolute Gasteiger partial charge is 0.308 e. The Morgan fingerprint density at radius 1 is 1.08 bits per heavy atom. The molecule has 140 valence electrons. The van der Waals surface area contributed by atoms with Crippen molar-refractivity contribution in [1.82, 2.24) is 0 Å². The summed E-state index contributed by atoms with van der Waals surface area (Å²) in [5.74, 6) is -0.888. The maximum absolute atomic E-state index is 11.6. The van der Waals surface area contributed by atoms with Crippen LogP contribution < -0.4 is 0 Å². The predicted molar refractivity (Wildman–Crippen MR) is 84.8 cm³/mol. The van der Waals surface area contributed by atoms with Crippen LogP contribution in [0.15, 0.2) is 0 Å². The first kappa shape index (κ1) is 17.4. The van der Waals surface area contributed by atoms with Crippen molar-refractivity contribution >= 4 is 12.3 Å². The molecule has 0 amide bonds. The third-order valence-electron chi connectivity index (χ3n) is 5.87. The van der Waals surface area contributed by atoms with Crippen molar-refractivity contribution in [2.45, 2.75) is 93.8 Å². The van der Waals surface area contributed by atoms with E-state index in [2.05, 4.69) is 0 Å². The van der Waals surface area contributed by atoms with Gasteiger partial charge in [-0.1, -0.05) is 6.42 Å². The Morgan fingerprint density at radius 3 is 2.56 bits per heavy atom. The topological polar surface area (TPSA) is 80.3 Å². The van der Waals surface area contributed by atoms with Crippen LogP contribution in [0.2, 0.25) is 0 Å². The van der Waals surface area contributed by atoms with Crippen LogP contribution in [0, 0.1) is 0 Å². The van der Waals surface area contributed by atoms with E-state index < -0.39 is 18.0 Å². The third kappa shape index (κ3) is 3.23. The molecule has 1 aliphatic carbocycles. The van der Waals surface area contributed by atoms with Gasteiger partial charge in [0, 0.05) is 12.8 Å². The largest absolute Gasteiger partial charge is 0.469 e. The van der Waals surface area contributed by atoms with Crippen LogP contribution in [0.5, 0.6) is 0 Å². The average Bonchev–Trinajstić information content (AvgIpc) is 3.00. The Kier molecular flexibility index (Phi) is 4.83. The molecule has 7 nitrogen and oxygen atoms in total. The van der Waals surface area contributed by atoms with Crippen LogP contribution in [0.25, 0.3) is 0 Å². The molecule has 6 atom stereocenters. The normalized spacial score (nSPS) is 42.4. The van der Waals surface area contributed by atoms with E-state index in [-0.39, 0.29) is 36.8 Å². The van der Waals surface area contributed by atoms with Gasteiger partial charge in [0.2, 0.25) is 0 Å². The second-order valence-electron chi connectivity index (χ2n) is 7.49. The standard InChI is InChI=1S/C18H26O7/c1-21-14(20)9-11-5-6-12-15(22-11)17-16(13(10-19)23-12)24-18(25-17)7-3-2-4-8-18/h10-13,15-17H,2-9H2,1H3/t11?,12?,13?,15-,16?,17?/m0/s1. The first-order valence-corrected chi connectivity index (χ1v) is 9.33. The summed E-state index contributed by atoms with van der Waals surface area (Å²) < 4.78 is 29.5. The molecule has 0 aromatic carbocycles. The molecule has 7 heteroatoms. The summed E-state index contributed by atoms with van der Waals surface area (Å²) in [6.07, 6.45) is 5.36. The molecule has 5 unspecified atom stereocenters. The van der Waals surface area contributed by atoms with E-state index in [1.807, 2.05) is 0 Å². The van der Waals surface area contributed by atoms with E-state index in [0.717, 1.165) is 38.4 Å². The fourth-order valence-electron chi connectivity index (χ4n) is 4.63. The van der Waals surface area contributed by atoms with Gasteiger partial charge in [0.25, 0.3) is 0 Å². The number of hydrogen-bond donors (Lipinski definition) is 0. The van der Waals surface area contributed by atoms with Crippen LogP contribution in [0.4, 0.5) is 0 Å². The molecule has 0 bridgehead atoms. The fourth-order valence-corrected chi connectivity index (χ4v) is 4.63. The van der Waals surface area contributed by atoms with E-state index in [9.17, 15) is 9.59 Å². The van der Waals surface area contributed by atoms with Crippen molar-refractivity contribution in [3.8, 4) is 0 Å². The lowest BCUT2D eigenvalue weighted by Crippen LogP contribution is -2.60. The zero-order chi connectivity index (χ0) is 17.4. The number of esters is 1. The van der Waals surface area contributed by atoms with E-state index >= 15 is 0 Å². The quantitative estimate of drug-likeness (QED) is 0.561. The van der Waals surface area contributed by atoms with Gasteiger partial charge in [-0.25, -0.2) is 0 Å². The summed E-state index contributed by atoms with van der Waals surface area (Å²) in [5, 5.41) is 0. The molecule has 1 saturated carbocycles. The van der Waals surface area contributed by atoms with E-state index in [4.69, 9.17) is 23.7 Å². The molecule has 3 heterocycles. The highest BCUT2D eigenvalue weighted by molar-refractivity contribution is 5.69. The van der Waals surface area contributed by atoms with Crippen LogP contribution in [-0.4, -0.2) is 61.8 Å². The second-order valence-corrected chi connectivity index (χ2v) is 7.49. The Labute approximate surface area is 147 Å². The zero-order valence-corrected chi connectivity index (χ0v) is 14.6. The Morgan fingerprint density at radius 2 is 1.84 bits per heavy atom. The Bertz CT molecular complexity index is 516. The molecule has 3 aliphatic heterocycles. The average molecular weight is 354 g/mol. The fraction of sp³-hybridized carbons (Fsp3) is 0.889. The van der Waals surface area contributed by atoms with E-state index in [1.54, 1.807) is 0 Å². The summed E-state index contributed by atoms with van der Waals surface area (Å²) in [4.78, 5) is 23.1. The van der Waals surface area contributed by atoms with Crippen molar-refractivity contribution < 1.29 is 33.3 Å². The number of aldehydes is 1. The van der Waals surface area contributed by atoms with Gasteiger partial charge in [-0.05, 0) is 25.7 Å². The van der Waals surface area contributed by atoms with Crippen LogP contribution in [0.1, 0.15) is 51.4 Å². The molecule has 0 aromatic heterocycles. The minimum absolute atomic E-state index is 0.201. The highest BCUT2D eigenvalue weighted by Gasteiger charge is 2.59. The van der Waals surface area contributed by atoms with Gasteiger partial charge in [0.05, 0.1) is 25.7 Å². The van der Waals surface area contributed by atoms with Gasteiger partial charge in [-0.3, -0.25) is 4.79 Å². The van der Waals surface area contributed by atoms with Crippen molar-refractivity contribution in [3.63, 3.8) is 0 Å².